The van der Waals surface area contributed by atoms with Crippen LogP contribution in [0, 0.1) is 11.8 Å². The summed E-state index contributed by atoms with van der Waals surface area (Å²) < 4.78 is 0. The summed E-state index contributed by atoms with van der Waals surface area (Å²) in [4.78, 5) is 11.2. The Balaban J connectivity index is 0.00000225. The van der Waals surface area contributed by atoms with Crippen molar-refractivity contribution < 1.29 is 4.79 Å². The normalized spacial score (nSPS) is 24.6. The zero-order chi connectivity index (χ0) is 11.1. The summed E-state index contributed by atoms with van der Waals surface area (Å²) in [6.07, 6.45) is 6.62. The molecule has 1 aliphatic carbocycles. The van der Waals surface area contributed by atoms with Gasteiger partial charge in [0.05, 0.1) is 6.54 Å². The molecule has 1 saturated carbocycles. The van der Waals surface area contributed by atoms with Gasteiger partial charge in [-0.25, -0.2) is 0 Å². The van der Waals surface area contributed by atoms with Crippen molar-refractivity contribution in [2.75, 3.05) is 20.1 Å². The van der Waals surface area contributed by atoms with Gasteiger partial charge in [0.2, 0.25) is 5.91 Å². The molecule has 0 saturated heterocycles. The van der Waals surface area contributed by atoms with Gasteiger partial charge in [-0.1, -0.05) is 26.2 Å². The Kier molecular flexibility index (Phi) is 8.67. The van der Waals surface area contributed by atoms with Crippen LogP contribution in [0.1, 0.15) is 39.0 Å². The standard InChI is InChI=1S/C12H24N2O.ClH/c1-10-4-3-5-11(8-10)6-7-14-12(15)9-13-2;/h10-11,13H,3-9H2,1-2H3,(H,14,15);1H. The molecule has 0 heterocycles. The topological polar surface area (TPSA) is 41.1 Å². The number of rotatable bonds is 5. The fourth-order valence-electron chi connectivity index (χ4n) is 2.46. The number of carbonyl (C=O) groups excluding carboxylic acids is 1. The highest BCUT2D eigenvalue weighted by Crippen LogP contribution is 2.30. The molecule has 0 spiro atoms. The molecule has 16 heavy (non-hydrogen) atoms. The third kappa shape index (κ3) is 6.33. The Morgan fingerprint density at radius 1 is 1.38 bits per heavy atom. The predicted molar refractivity (Wildman–Crippen MR) is 69.9 cm³/mol. The highest BCUT2D eigenvalue weighted by atomic mass is 35.5. The summed E-state index contributed by atoms with van der Waals surface area (Å²) in [5.41, 5.74) is 0. The molecule has 0 radical (unpaired) electrons. The molecule has 0 aromatic rings. The molecule has 2 atom stereocenters. The zero-order valence-electron chi connectivity index (χ0n) is 10.4. The van der Waals surface area contributed by atoms with E-state index in [-0.39, 0.29) is 18.3 Å². The lowest BCUT2D eigenvalue weighted by molar-refractivity contribution is -0.120. The number of hydrogen-bond donors (Lipinski definition) is 2. The van der Waals surface area contributed by atoms with E-state index in [9.17, 15) is 4.79 Å². The van der Waals surface area contributed by atoms with E-state index in [0.717, 1.165) is 24.8 Å². The minimum atomic E-state index is 0. The molecular formula is C12H25ClN2O. The Bertz CT molecular complexity index is 199. The average Bonchev–Trinajstić information content (AvgIpc) is 2.18. The Labute approximate surface area is 105 Å². The maximum atomic E-state index is 11.2. The van der Waals surface area contributed by atoms with E-state index in [2.05, 4.69) is 17.6 Å². The third-order valence-corrected chi connectivity index (χ3v) is 3.26. The Hall–Kier alpha value is -0.280. The smallest absolute Gasteiger partial charge is 0.233 e. The lowest BCUT2D eigenvalue weighted by Gasteiger charge is -2.26. The van der Waals surface area contributed by atoms with Crippen LogP contribution in [-0.2, 0) is 4.79 Å². The van der Waals surface area contributed by atoms with Gasteiger partial charge in [-0.2, -0.15) is 0 Å². The van der Waals surface area contributed by atoms with Crippen LogP contribution in [0.25, 0.3) is 0 Å². The van der Waals surface area contributed by atoms with Crippen molar-refractivity contribution in [3.8, 4) is 0 Å². The van der Waals surface area contributed by atoms with Crippen molar-refractivity contribution in [1.29, 1.82) is 0 Å². The number of carbonyl (C=O) groups is 1. The number of likely N-dealkylation sites (N-methyl/N-ethyl adjacent to an activating group) is 1. The van der Waals surface area contributed by atoms with Gasteiger partial charge in [-0.15, -0.1) is 12.4 Å². The molecule has 1 aliphatic rings. The van der Waals surface area contributed by atoms with Crippen LogP contribution in [0.3, 0.4) is 0 Å². The van der Waals surface area contributed by atoms with Gasteiger partial charge in [0.1, 0.15) is 0 Å². The number of amides is 1. The fraction of sp³-hybridized carbons (Fsp3) is 0.917. The first-order valence-electron chi connectivity index (χ1n) is 6.13. The third-order valence-electron chi connectivity index (χ3n) is 3.26. The van der Waals surface area contributed by atoms with Gasteiger partial charge >= 0.3 is 0 Å². The molecular weight excluding hydrogens is 224 g/mol. The maximum Gasteiger partial charge on any atom is 0.233 e. The molecule has 0 aliphatic heterocycles. The highest BCUT2D eigenvalue weighted by Gasteiger charge is 2.18. The first kappa shape index (κ1) is 15.7. The molecule has 1 rings (SSSR count). The minimum Gasteiger partial charge on any atom is -0.355 e. The molecule has 0 aromatic heterocycles. The number of hydrogen-bond acceptors (Lipinski definition) is 2. The zero-order valence-corrected chi connectivity index (χ0v) is 11.2. The van der Waals surface area contributed by atoms with Crippen molar-refractivity contribution in [3.63, 3.8) is 0 Å². The molecule has 3 nitrogen and oxygen atoms in total. The average molecular weight is 249 g/mol. The largest absolute Gasteiger partial charge is 0.355 e. The highest BCUT2D eigenvalue weighted by molar-refractivity contribution is 5.85. The van der Waals surface area contributed by atoms with E-state index in [1.54, 1.807) is 7.05 Å². The summed E-state index contributed by atoms with van der Waals surface area (Å²) in [7, 11) is 1.79. The molecule has 2 N–H and O–H groups in total. The second-order valence-corrected chi connectivity index (χ2v) is 4.81. The van der Waals surface area contributed by atoms with E-state index in [1.165, 1.54) is 25.7 Å². The predicted octanol–water partition coefficient (Wildman–Crippen LogP) is 1.96. The summed E-state index contributed by atoms with van der Waals surface area (Å²) in [6, 6.07) is 0. The van der Waals surface area contributed by atoms with Crippen LogP contribution in [0.15, 0.2) is 0 Å². The van der Waals surface area contributed by atoms with Crippen molar-refractivity contribution in [1.82, 2.24) is 10.6 Å². The number of halogens is 1. The Morgan fingerprint density at radius 3 is 2.75 bits per heavy atom. The molecule has 4 heteroatoms. The quantitative estimate of drug-likeness (QED) is 0.781. The SMILES string of the molecule is CNCC(=O)NCCC1CCCC(C)C1.Cl. The first-order valence-corrected chi connectivity index (χ1v) is 6.13. The molecule has 0 aromatic carbocycles. The summed E-state index contributed by atoms with van der Waals surface area (Å²) in [6.45, 7) is 3.62. The maximum absolute atomic E-state index is 11.2. The molecule has 1 amide bonds. The van der Waals surface area contributed by atoms with Gasteiger partial charge in [0, 0.05) is 6.54 Å². The molecule has 96 valence electrons. The summed E-state index contributed by atoms with van der Waals surface area (Å²) in [5, 5.41) is 5.80. The summed E-state index contributed by atoms with van der Waals surface area (Å²) in [5.74, 6) is 1.83. The van der Waals surface area contributed by atoms with Crippen LogP contribution in [-0.4, -0.2) is 26.0 Å². The Morgan fingerprint density at radius 2 is 2.12 bits per heavy atom. The van der Waals surface area contributed by atoms with Gasteiger partial charge in [-0.3, -0.25) is 4.79 Å². The van der Waals surface area contributed by atoms with Crippen LogP contribution in [0.2, 0.25) is 0 Å². The monoisotopic (exact) mass is 248 g/mol. The van der Waals surface area contributed by atoms with Crippen molar-refractivity contribution in [3.05, 3.63) is 0 Å². The van der Waals surface area contributed by atoms with Crippen LogP contribution in [0.5, 0.6) is 0 Å². The van der Waals surface area contributed by atoms with E-state index < -0.39 is 0 Å². The molecule has 1 fully saturated rings. The minimum absolute atomic E-state index is 0. The summed E-state index contributed by atoms with van der Waals surface area (Å²) >= 11 is 0. The van der Waals surface area contributed by atoms with Gasteiger partial charge in [0.25, 0.3) is 0 Å². The first-order chi connectivity index (χ1) is 7.22. The second kappa shape index (κ2) is 8.82. The van der Waals surface area contributed by atoms with Crippen molar-refractivity contribution in [2.24, 2.45) is 11.8 Å². The van der Waals surface area contributed by atoms with Crippen molar-refractivity contribution >= 4 is 18.3 Å². The van der Waals surface area contributed by atoms with E-state index >= 15 is 0 Å². The van der Waals surface area contributed by atoms with Gasteiger partial charge < -0.3 is 10.6 Å². The van der Waals surface area contributed by atoms with Crippen LogP contribution < -0.4 is 10.6 Å². The fourth-order valence-corrected chi connectivity index (χ4v) is 2.46. The second-order valence-electron chi connectivity index (χ2n) is 4.81. The lowest BCUT2D eigenvalue weighted by Crippen LogP contribution is -2.33. The van der Waals surface area contributed by atoms with E-state index in [0.29, 0.717) is 6.54 Å². The van der Waals surface area contributed by atoms with Crippen LogP contribution in [0.4, 0.5) is 0 Å². The molecule has 2 unspecified atom stereocenters. The van der Waals surface area contributed by atoms with Crippen molar-refractivity contribution in [2.45, 2.75) is 39.0 Å². The van der Waals surface area contributed by atoms with E-state index in [1.807, 2.05) is 0 Å². The van der Waals surface area contributed by atoms with Gasteiger partial charge in [-0.05, 0) is 31.7 Å². The lowest BCUT2D eigenvalue weighted by atomic mass is 9.81. The van der Waals surface area contributed by atoms with Gasteiger partial charge in [0.15, 0.2) is 0 Å². The van der Waals surface area contributed by atoms with Crippen LogP contribution >= 0.6 is 12.4 Å². The number of nitrogens with one attached hydrogen (secondary N) is 2. The van der Waals surface area contributed by atoms with E-state index in [4.69, 9.17) is 0 Å². The molecule has 0 bridgehead atoms.